The van der Waals surface area contributed by atoms with E-state index < -0.39 is 0 Å². The first-order valence-corrected chi connectivity index (χ1v) is 7.52. The fraction of sp³-hybridized carbons (Fsp3) is 0.571. The molecule has 1 unspecified atom stereocenters. The molecule has 5 heteroatoms. The van der Waals surface area contributed by atoms with E-state index in [1.807, 2.05) is 17.0 Å². The fourth-order valence-electron chi connectivity index (χ4n) is 2.56. The summed E-state index contributed by atoms with van der Waals surface area (Å²) in [6.45, 7) is 4.96. The molecule has 1 aromatic heterocycles. The van der Waals surface area contributed by atoms with Crippen LogP contribution in [0.2, 0.25) is 0 Å². The van der Waals surface area contributed by atoms with Gasteiger partial charge in [0.05, 0.1) is 5.56 Å². The Labute approximate surface area is 122 Å². The van der Waals surface area contributed by atoms with Crippen molar-refractivity contribution in [2.75, 3.05) is 26.7 Å². The topological polar surface area (TPSA) is 36.4 Å². The van der Waals surface area contributed by atoms with E-state index in [-0.39, 0.29) is 11.9 Å². The molecular weight excluding hydrogens is 306 g/mol. The van der Waals surface area contributed by atoms with Crippen LogP contribution < -0.4 is 0 Å². The van der Waals surface area contributed by atoms with Crippen molar-refractivity contribution in [3.63, 3.8) is 0 Å². The molecule has 0 aromatic carbocycles. The molecule has 1 fully saturated rings. The lowest BCUT2D eigenvalue weighted by Gasteiger charge is -2.30. The molecule has 0 saturated carbocycles. The third kappa shape index (κ3) is 3.34. The van der Waals surface area contributed by atoms with E-state index in [0.29, 0.717) is 10.2 Å². The van der Waals surface area contributed by atoms with Gasteiger partial charge in [-0.05, 0) is 54.5 Å². The molecule has 0 spiro atoms. The number of likely N-dealkylation sites (N-methyl/N-ethyl adjacent to an activating group) is 1. The second-order valence-electron chi connectivity index (χ2n) is 5.02. The molecule has 0 radical (unpaired) electrons. The van der Waals surface area contributed by atoms with Crippen LogP contribution in [0.15, 0.2) is 22.9 Å². The number of nitrogens with zero attached hydrogens (tertiary/aromatic N) is 3. The molecule has 19 heavy (non-hydrogen) atoms. The minimum absolute atomic E-state index is 0.0853. The molecule has 2 heterocycles. The van der Waals surface area contributed by atoms with Gasteiger partial charge in [-0.15, -0.1) is 0 Å². The van der Waals surface area contributed by atoms with E-state index in [4.69, 9.17) is 0 Å². The number of carbonyl (C=O) groups is 1. The highest BCUT2D eigenvalue weighted by molar-refractivity contribution is 9.10. The molecule has 0 N–H and O–H groups in total. The van der Waals surface area contributed by atoms with Gasteiger partial charge in [-0.3, -0.25) is 4.79 Å². The van der Waals surface area contributed by atoms with Gasteiger partial charge in [0.2, 0.25) is 0 Å². The minimum atomic E-state index is 0.0853. The van der Waals surface area contributed by atoms with Gasteiger partial charge in [-0.1, -0.05) is 6.92 Å². The molecule has 1 amide bonds. The second-order valence-corrected chi connectivity index (χ2v) is 5.77. The van der Waals surface area contributed by atoms with Crippen LogP contribution in [0.25, 0.3) is 0 Å². The monoisotopic (exact) mass is 325 g/mol. The van der Waals surface area contributed by atoms with Crippen LogP contribution in [-0.4, -0.2) is 53.4 Å². The number of carbonyl (C=O) groups excluding carboxylic acids is 1. The maximum atomic E-state index is 12.7. The van der Waals surface area contributed by atoms with Gasteiger partial charge >= 0.3 is 0 Å². The molecule has 2 rings (SSSR count). The van der Waals surface area contributed by atoms with Crippen molar-refractivity contribution in [1.82, 2.24) is 14.8 Å². The summed E-state index contributed by atoms with van der Waals surface area (Å²) < 4.78 is 0.632. The Morgan fingerprint density at radius 2 is 2.32 bits per heavy atom. The van der Waals surface area contributed by atoms with E-state index in [0.717, 1.165) is 32.5 Å². The van der Waals surface area contributed by atoms with E-state index in [1.165, 1.54) is 0 Å². The maximum absolute atomic E-state index is 12.7. The van der Waals surface area contributed by atoms with Gasteiger partial charge < -0.3 is 9.80 Å². The van der Waals surface area contributed by atoms with Crippen molar-refractivity contribution in [3.05, 3.63) is 28.5 Å². The van der Waals surface area contributed by atoms with Gasteiger partial charge in [0, 0.05) is 25.3 Å². The lowest BCUT2D eigenvalue weighted by atomic mass is 10.1. The predicted octanol–water partition coefficient (Wildman–Crippen LogP) is 2.40. The van der Waals surface area contributed by atoms with Crippen molar-refractivity contribution < 1.29 is 4.79 Å². The number of halogens is 1. The van der Waals surface area contributed by atoms with E-state index in [9.17, 15) is 4.79 Å². The molecule has 1 aliphatic heterocycles. The number of hydrogen-bond acceptors (Lipinski definition) is 3. The largest absolute Gasteiger partial charge is 0.334 e. The van der Waals surface area contributed by atoms with Crippen LogP contribution >= 0.6 is 15.9 Å². The highest BCUT2D eigenvalue weighted by Gasteiger charge is 2.27. The van der Waals surface area contributed by atoms with Crippen molar-refractivity contribution in [1.29, 1.82) is 0 Å². The highest BCUT2D eigenvalue weighted by Crippen LogP contribution is 2.19. The summed E-state index contributed by atoms with van der Waals surface area (Å²) in [7, 11) is 2.12. The number of aromatic nitrogens is 1. The smallest absolute Gasteiger partial charge is 0.256 e. The van der Waals surface area contributed by atoms with Crippen molar-refractivity contribution in [3.8, 4) is 0 Å². The molecule has 4 nitrogen and oxygen atoms in total. The molecule has 1 aliphatic rings. The maximum Gasteiger partial charge on any atom is 0.256 e. The fourth-order valence-corrected chi connectivity index (χ4v) is 2.98. The quantitative estimate of drug-likeness (QED) is 0.783. The Kier molecular flexibility index (Phi) is 4.93. The predicted molar refractivity (Wildman–Crippen MR) is 79.2 cm³/mol. The van der Waals surface area contributed by atoms with Crippen LogP contribution in [0, 0.1) is 0 Å². The van der Waals surface area contributed by atoms with E-state index in [2.05, 4.69) is 39.8 Å². The summed E-state index contributed by atoms with van der Waals surface area (Å²) in [5.41, 5.74) is 0.658. The minimum Gasteiger partial charge on any atom is -0.334 e. The molecule has 1 saturated heterocycles. The van der Waals surface area contributed by atoms with Gasteiger partial charge in [0.15, 0.2) is 0 Å². The highest BCUT2D eigenvalue weighted by atomic mass is 79.9. The van der Waals surface area contributed by atoms with Gasteiger partial charge in [-0.25, -0.2) is 4.98 Å². The molecule has 104 valence electrons. The molecule has 0 aliphatic carbocycles. The number of pyridine rings is 1. The SMILES string of the molecule is CCC1CN(C)CCCN1C(=O)c1cccnc1Br. The zero-order valence-electron chi connectivity index (χ0n) is 11.5. The van der Waals surface area contributed by atoms with Crippen LogP contribution in [0.1, 0.15) is 30.1 Å². The Morgan fingerprint density at radius 1 is 1.53 bits per heavy atom. The zero-order valence-corrected chi connectivity index (χ0v) is 13.1. The first-order valence-electron chi connectivity index (χ1n) is 6.73. The summed E-state index contributed by atoms with van der Waals surface area (Å²) >= 11 is 3.37. The third-order valence-corrected chi connectivity index (χ3v) is 4.26. The summed E-state index contributed by atoms with van der Waals surface area (Å²) in [5, 5.41) is 0. The molecule has 1 atom stereocenters. The third-order valence-electron chi connectivity index (χ3n) is 3.62. The van der Waals surface area contributed by atoms with Crippen LogP contribution in [0.4, 0.5) is 0 Å². The standard InChI is InChI=1S/C14H20BrN3O/c1-3-11-10-17(2)8-5-9-18(11)14(19)12-6-4-7-16-13(12)15/h4,6-7,11H,3,5,8-10H2,1-2H3. The van der Waals surface area contributed by atoms with Crippen LogP contribution in [0.5, 0.6) is 0 Å². The van der Waals surface area contributed by atoms with Crippen molar-refractivity contribution in [2.45, 2.75) is 25.8 Å². The summed E-state index contributed by atoms with van der Waals surface area (Å²) in [5.74, 6) is 0.0853. The normalized spacial score (nSPS) is 21.2. The van der Waals surface area contributed by atoms with Crippen LogP contribution in [0.3, 0.4) is 0 Å². The van der Waals surface area contributed by atoms with Crippen molar-refractivity contribution >= 4 is 21.8 Å². The van der Waals surface area contributed by atoms with Gasteiger partial charge in [0.25, 0.3) is 5.91 Å². The first-order chi connectivity index (χ1) is 9.13. The number of amides is 1. The van der Waals surface area contributed by atoms with E-state index >= 15 is 0 Å². The Balaban J connectivity index is 2.23. The van der Waals surface area contributed by atoms with Gasteiger partial charge in [-0.2, -0.15) is 0 Å². The lowest BCUT2D eigenvalue weighted by Crippen LogP contribution is -2.43. The first kappa shape index (κ1) is 14.5. The summed E-state index contributed by atoms with van der Waals surface area (Å²) in [4.78, 5) is 21.1. The number of rotatable bonds is 2. The van der Waals surface area contributed by atoms with Crippen LogP contribution in [-0.2, 0) is 0 Å². The molecule has 0 bridgehead atoms. The summed E-state index contributed by atoms with van der Waals surface area (Å²) in [6, 6.07) is 3.93. The van der Waals surface area contributed by atoms with Gasteiger partial charge in [0.1, 0.15) is 4.60 Å². The summed E-state index contributed by atoms with van der Waals surface area (Å²) in [6.07, 6.45) is 3.69. The average Bonchev–Trinajstić information content (AvgIpc) is 2.60. The Hall–Kier alpha value is -0.940. The van der Waals surface area contributed by atoms with Crippen molar-refractivity contribution in [2.24, 2.45) is 0 Å². The zero-order chi connectivity index (χ0) is 13.8. The molecular formula is C14H20BrN3O. The average molecular weight is 326 g/mol. The Morgan fingerprint density at radius 3 is 3.00 bits per heavy atom. The Bertz CT molecular complexity index is 452. The van der Waals surface area contributed by atoms with E-state index in [1.54, 1.807) is 6.20 Å². The second kappa shape index (κ2) is 6.48. The number of hydrogen-bond donors (Lipinski definition) is 0. The lowest BCUT2D eigenvalue weighted by molar-refractivity contribution is 0.0674. The molecule has 1 aromatic rings.